The highest BCUT2D eigenvalue weighted by Gasteiger charge is 2.07. The molecule has 0 atom stereocenters. The summed E-state index contributed by atoms with van der Waals surface area (Å²) >= 11 is 0. The van der Waals surface area contributed by atoms with Crippen LogP contribution in [0.4, 0.5) is 5.82 Å². The molecule has 0 saturated carbocycles. The Hall–Kier alpha value is -3.15. The van der Waals surface area contributed by atoms with Crippen molar-refractivity contribution in [1.29, 1.82) is 0 Å². The second kappa shape index (κ2) is 6.74. The van der Waals surface area contributed by atoms with Gasteiger partial charge in [0.05, 0.1) is 18.4 Å². The van der Waals surface area contributed by atoms with E-state index >= 15 is 0 Å². The molecular formula is C17H16N4O2. The first kappa shape index (κ1) is 14.8. The summed E-state index contributed by atoms with van der Waals surface area (Å²) in [5, 5.41) is 7.51. The van der Waals surface area contributed by atoms with Crippen molar-refractivity contribution in [1.82, 2.24) is 14.8 Å². The molecule has 0 spiro atoms. The van der Waals surface area contributed by atoms with Gasteiger partial charge in [-0.05, 0) is 29.8 Å². The molecular weight excluding hydrogens is 292 g/mol. The average molecular weight is 308 g/mol. The summed E-state index contributed by atoms with van der Waals surface area (Å²) in [6.45, 7) is 0.598. The van der Waals surface area contributed by atoms with E-state index in [0.717, 1.165) is 11.3 Å². The lowest BCUT2D eigenvalue weighted by Gasteiger charge is -2.11. The van der Waals surface area contributed by atoms with E-state index in [4.69, 9.17) is 0 Å². The van der Waals surface area contributed by atoms with E-state index in [1.165, 1.54) is 13.3 Å². The van der Waals surface area contributed by atoms with E-state index in [2.05, 4.69) is 20.1 Å². The summed E-state index contributed by atoms with van der Waals surface area (Å²) in [5.74, 6) is 0.293. The highest BCUT2D eigenvalue weighted by Crippen LogP contribution is 2.15. The standard InChI is InChI=1S/C17H16N4O2/c1-23-17(22)14-7-8-16(19-12-14)18-11-13-5-2-3-6-15(13)21-10-4-9-20-21/h2-10,12H,11H2,1H3,(H,18,19). The van der Waals surface area contributed by atoms with E-state index < -0.39 is 5.97 Å². The quantitative estimate of drug-likeness (QED) is 0.734. The Morgan fingerprint density at radius 2 is 2.09 bits per heavy atom. The summed E-state index contributed by atoms with van der Waals surface area (Å²) in [5.41, 5.74) is 2.53. The first-order valence-electron chi connectivity index (χ1n) is 7.14. The molecule has 0 unspecified atom stereocenters. The largest absolute Gasteiger partial charge is 0.465 e. The van der Waals surface area contributed by atoms with E-state index in [0.29, 0.717) is 17.9 Å². The van der Waals surface area contributed by atoms with E-state index in [1.54, 1.807) is 18.3 Å². The molecule has 116 valence electrons. The maximum atomic E-state index is 11.4. The molecule has 0 radical (unpaired) electrons. The first-order valence-corrected chi connectivity index (χ1v) is 7.14. The minimum Gasteiger partial charge on any atom is -0.465 e. The molecule has 0 fully saturated rings. The molecule has 1 N–H and O–H groups in total. The summed E-state index contributed by atoms with van der Waals surface area (Å²) in [4.78, 5) is 15.6. The van der Waals surface area contributed by atoms with Gasteiger partial charge in [-0.2, -0.15) is 5.10 Å². The summed E-state index contributed by atoms with van der Waals surface area (Å²) in [6.07, 6.45) is 5.15. The maximum Gasteiger partial charge on any atom is 0.339 e. The van der Waals surface area contributed by atoms with E-state index in [9.17, 15) is 4.79 Å². The van der Waals surface area contributed by atoms with Crippen molar-refractivity contribution in [2.45, 2.75) is 6.54 Å². The molecule has 0 aliphatic heterocycles. The van der Waals surface area contributed by atoms with Gasteiger partial charge < -0.3 is 10.1 Å². The number of aromatic nitrogens is 3. The van der Waals surface area contributed by atoms with Crippen LogP contribution in [0, 0.1) is 0 Å². The van der Waals surface area contributed by atoms with Crippen LogP contribution in [0.5, 0.6) is 0 Å². The smallest absolute Gasteiger partial charge is 0.339 e. The van der Waals surface area contributed by atoms with Crippen LogP contribution >= 0.6 is 0 Å². The van der Waals surface area contributed by atoms with Crippen LogP contribution in [0.25, 0.3) is 5.69 Å². The van der Waals surface area contributed by atoms with Crippen molar-refractivity contribution in [2.75, 3.05) is 12.4 Å². The van der Waals surface area contributed by atoms with Crippen LogP contribution in [0.3, 0.4) is 0 Å². The first-order chi connectivity index (χ1) is 11.3. The SMILES string of the molecule is COC(=O)c1ccc(NCc2ccccc2-n2cccn2)nc1. The number of anilines is 1. The topological polar surface area (TPSA) is 69.0 Å². The molecule has 6 heteroatoms. The summed E-state index contributed by atoms with van der Waals surface area (Å²) in [6, 6.07) is 13.3. The molecule has 23 heavy (non-hydrogen) atoms. The second-order valence-corrected chi connectivity index (χ2v) is 4.86. The normalized spacial score (nSPS) is 10.3. The van der Waals surface area contributed by atoms with Gasteiger partial charge in [-0.3, -0.25) is 0 Å². The number of ether oxygens (including phenoxy) is 1. The predicted molar refractivity (Wildman–Crippen MR) is 86.5 cm³/mol. The van der Waals surface area contributed by atoms with Gasteiger partial charge in [-0.1, -0.05) is 18.2 Å². The lowest BCUT2D eigenvalue weighted by molar-refractivity contribution is 0.0600. The third kappa shape index (κ3) is 3.37. The van der Waals surface area contributed by atoms with Crippen LogP contribution in [0.2, 0.25) is 0 Å². The number of para-hydroxylation sites is 1. The Morgan fingerprint density at radius 1 is 1.22 bits per heavy atom. The molecule has 0 aliphatic carbocycles. The molecule has 1 aromatic carbocycles. The fourth-order valence-electron chi connectivity index (χ4n) is 2.22. The number of pyridine rings is 1. The number of rotatable bonds is 5. The molecule has 0 saturated heterocycles. The van der Waals surface area contributed by atoms with Gasteiger partial charge in [0.25, 0.3) is 0 Å². The zero-order chi connectivity index (χ0) is 16.1. The van der Waals surface area contributed by atoms with Crippen molar-refractivity contribution in [2.24, 2.45) is 0 Å². The molecule has 3 rings (SSSR count). The van der Waals surface area contributed by atoms with Gasteiger partial charge in [-0.15, -0.1) is 0 Å². The third-order valence-electron chi connectivity index (χ3n) is 3.39. The average Bonchev–Trinajstić information content (AvgIpc) is 3.14. The number of esters is 1. The summed E-state index contributed by atoms with van der Waals surface area (Å²) < 4.78 is 6.48. The van der Waals surface area contributed by atoms with Gasteiger partial charge in [0.1, 0.15) is 5.82 Å². The van der Waals surface area contributed by atoms with Crippen molar-refractivity contribution in [3.8, 4) is 5.69 Å². The van der Waals surface area contributed by atoms with Gasteiger partial charge in [0, 0.05) is 25.1 Å². The van der Waals surface area contributed by atoms with Crippen LogP contribution in [-0.2, 0) is 11.3 Å². The number of hydrogen-bond donors (Lipinski definition) is 1. The van der Waals surface area contributed by atoms with Gasteiger partial charge >= 0.3 is 5.97 Å². The fourth-order valence-corrected chi connectivity index (χ4v) is 2.22. The highest BCUT2D eigenvalue weighted by molar-refractivity contribution is 5.89. The van der Waals surface area contributed by atoms with Gasteiger partial charge in [0.2, 0.25) is 0 Å². The lowest BCUT2D eigenvalue weighted by atomic mass is 10.2. The zero-order valence-electron chi connectivity index (χ0n) is 12.6. The number of nitrogens with zero attached hydrogens (tertiary/aromatic N) is 3. The van der Waals surface area contributed by atoms with Crippen molar-refractivity contribution >= 4 is 11.8 Å². The second-order valence-electron chi connectivity index (χ2n) is 4.86. The molecule has 0 amide bonds. The monoisotopic (exact) mass is 308 g/mol. The van der Waals surface area contributed by atoms with Gasteiger partial charge in [0.15, 0.2) is 0 Å². The fraction of sp³-hybridized carbons (Fsp3) is 0.118. The lowest BCUT2D eigenvalue weighted by Crippen LogP contribution is -2.07. The minimum atomic E-state index is -0.395. The molecule has 3 aromatic rings. The van der Waals surface area contributed by atoms with Crippen LogP contribution < -0.4 is 5.32 Å². The molecule has 2 heterocycles. The Balaban J connectivity index is 1.73. The van der Waals surface area contributed by atoms with Crippen molar-refractivity contribution in [3.05, 3.63) is 72.2 Å². The summed E-state index contributed by atoms with van der Waals surface area (Å²) in [7, 11) is 1.35. The van der Waals surface area contributed by atoms with Crippen LogP contribution in [0.1, 0.15) is 15.9 Å². The Kier molecular flexibility index (Phi) is 4.33. The number of carbonyl (C=O) groups is 1. The van der Waals surface area contributed by atoms with Crippen LogP contribution in [-0.4, -0.2) is 27.8 Å². The predicted octanol–water partition coefficient (Wildman–Crippen LogP) is 2.67. The number of benzene rings is 1. The number of methoxy groups -OCH3 is 1. The van der Waals surface area contributed by atoms with Crippen LogP contribution in [0.15, 0.2) is 61.1 Å². The highest BCUT2D eigenvalue weighted by atomic mass is 16.5. The Morgan fingerprint density at radius 3 is 2.78 bits per heavy atom. The number of nitrogens with one attached hydrogen (secondary N) is 1. The van der Waals surface area contributed by atoms with Crippen molar-refractivity contribution < 1.29 is 9.53 Å². The molecule has 2 aromatic heterocycles. The Labute approximate surface area is 133 Å². The van der Waals surface area contributed by atoms with E-state index in [1.807, 2.05) is 41.2 Å². The zero-order valence-corrected chi connectivity index (χ0v) is 12.6. The molecule has 0 aliphatic rings. The Bertz CT molecular complexity index is 783. The van der Waals surface area contributed by atoms with E-state index in [-0.39, 0.29) is 0 Å². The minimum absolute atomic E-state index is 0.395. The third-order valence-corrected chi connectivity index (χ3v) is 3.39. The number of hydrogen-bond acceptors (Lipinski definition) is 5. The van der Waals surface area contributed by atoms with Crippen molar-refractivity contribution in [3.63, 3.8) is 0 Å². The van der Waals surface area contributed by atoms with Gasteiger partial charge in [-0.25, -0.2) is 14.5 Å². The molecule has 0 bridgehead atoms. The molecule has 6 nitrogen and oxygen atoms in total. The maximum absolute atomic E-state index is 11.4. The number of carbonyl (C=O) groups excluding carboxylic acids is 1.